The molecule has 1 atom stereocenters. The van der Waals surface area contributed by atoms with Crippen molar-refractivity contribution < 1.29 is 14.3 Å². The molecular formula is C29H38N2O3. The summed E-state index contributed by atoms with van der Waals surface area (Å²) in [6.45, 7) is 4.03. The van der Waals surface area contributed by atoms with Crippen LogP contribution in [-0.4, -0.2) is 61.7 Å². The van der Waals surface area contributed by atoms with Gasteiger partial charge in [0.15, 0.2) is 0 Å². The zero-order valence-corrected chi connectivity index (χ0v) is 20.7. The number of fused-ring (bicyclic) bond motifs is 1. The third-order valence-corrected chi connectivity index (χ3v) is 7.90. The summed E-state index contributed by atoms with van der Waals surface area (Å²) in [5, 5.41) is 0. The van der Waals surface area contributed by atoms with Gasteiger partial charge in [-0.25, -0.2) is 0 Å². The maximum Gasteiger partial charge on any atom is 0.253 e. The van der Waals surface area contributed by atoms with Crippen molar-refractivity contribution in [1.82, 2.24) is 9.80 Å². The van der Waals surface area contributed by atoms with Crippen LogP contribution in [0.3, 0.4) is 0 Å². The molecule has 1 heterocycles. The highest BCUT2D eigenvalue weighted by molar-refractivity contribution is 5.94. The largest absolute Gasteiger partial charge is 0.493 e. The molecule has 1 amide bonds. The first kappa shape index (κ1) is 23.4. The number of amides is 1. The summed E-state index contributed by atoms with van der Waals surface area (Å²) >= 11 is 0. The smallest absolute Gasteiger partial charge is 0.253 e. The number of methoxy groups -OCH3 is 1. The van der Waals surface area contributed by atoms with Gasteiger partial charge >= 0.3 is 0 Å². The first-order valence-corrected chi connectivity index (χ1v) is 12.9. The van der Waals surface area contributed by atoms with Crippen LogP contribution in [0.25, 0.3) is 0 Å². The minimum atomic E-state index is 0.0956. The van der Waals surface area contributed by atoms with Crippen LogP contribution in [0, 0.1) is 5.92 Å². The lowest BCUT2D eigenvalue weighted by molar-refractivity contribution is 0.0388. The fraction of sp³-hybridized carbons (Fsp3) is 0.552. The van der Waals surface area contributed by atoms with Crippen molar-refractivity contribution in [2.45, 2.75) is 63.6 Å². The summed E-state index contributed by atoms with van der Waals surface area (Å²) in [5.74, 6) is 1.68. The maximum atomic E-state index is 13.1. The summed E-state index contributed by atoms with van der Waals surface area (Å²) in [4.78, 5) is 17.6. The van der Waals surface area contributed by atoms with E-state index in [0.717, 1.165) is 75.6 Å². The summed E-state index contributed by atoms with van der Waals surface area (Å²) in [6, 6.07) is 14.9. The molecule has 1 saturated heterocycles. The van der Waals surface area contributed by atoms with Crippen molar-refractivity contribution in [3.8, 4) is 5.75 Å². The normalized spacial score (nSPS) is 21.2. The molecule has 5 nitrogen and oxygen atoms in total. The number of ether oxygens (including phenoxy) is 2. The number of rotatable bonds is 8. The van der Waals surface area contributed by atoms with Crippen molar-refractivity contribution in [1.29, 1.82) is 0 Å². The minimum absolute atomic E-state index is 0.0956. The summed E-state index contributed by atoms with van der Waals surface area (Å²) in [5.41, 5.74) is 4.99. The van der Waals surface area contributed by atoms with Gasteiger partial charge in [-0.05, 0) is 91.8 Å². The first-order valence-electron chi connectivity index (χ1n) is 12.9. The Bertz CT molecular complexity index is 977. The monoisotopic (exact) mass is 462 g/mol. The van der Waals surface area contributed by atoms with Gasteiger partial charge in [0.2, 0.25) is 0 Å². The number of benzene rings is 2. The fourth-order valence-electron chi connectivity index (χ4n) is 5.34. The van der Waals surface area contributed by atoms with Crippen LogP contribution in [0.2, 0.25) is 0 Å². The summed E-state index contributed by atoms with van der Waals surface area (Å²) in [6.07, 6.45) is 8.21. The van der Waals surface area contributed by atoms with E-state index in [2.05, 4.69) is 23.1 Å². The number of nitrogens with zero attached hydrogens (tertiary/aromatic N) is 2. The highest BCUT2D eigenvalue weighted by atomic mass is 16.5. The minimum Gasteiger partial charge on any atom is -0.493 e. The number of carbonyl (C=O) groups excluding carboxylic acids is 1. The number of carbonyl (C=O) groups is 1. The molecule has 0 aromatic heterocycles. The lowest BCUT2D eigenvalue weighted by Gasteiger charge is -2.34. The van der Waals surface area contributed by atoms with Gasteiger partial charge in [-0.1, -0.05) is 18.2 Å². The van der Waals surface area contributed by atoms with E-state index >= 15 is 0 Å². The molecule has 2 aromatic carbocycles. The molecule has 5 rings (SSSR count). The van der Waals surface area contributed by atoms with E-state index in [1.165, 1.54) is 29.5 Å². The van der Waals surface area contributed by atoms with Crippen molar-refractivity contribution in [3.05, 3.63) is 64.7 Å². The second-order valence-electron chi connectivity index (χ2n) is 10.4. The fourth-order valence-corrected chi connectivity index (χ4v) is 5.34. The first-order chi connectivity index (χ1) is 16.6. The zero-order chi connectivity index (χ0) is 23.5. The maximum absolute atomic E-state index is 13.1. The Morgan fingerprint density at radius 2 is 1.76 bits per heavy atom. The lowest BCUT2D eigenvalue weighted by atomic mass is 9.86. The SMILES string of the molecule is COC1CCN(Cc2ccc3c(c2)CCC(N(C)C(=O)c2ccc(OCC4CC4)cc2)C3)CC1. The molecule has 34 heavy (non-hydrogen) atoms. The molecule has 1 aliphatic heterocycles. The molecule has 0 N–H and O–H groups in total. The topological polar surface area (TPSA) is 42.0 Å². The summed E-state index contributed by atoms with van der Waals surface area (Å²) < 4.78 is 11.3. The Kier molecular flexibility index (Phi) is 7.21. The molecule has 182 valence electrons. The quantitative estimate of drug-likeness (QED) is 0.570. The molecule has 0 bridgehead atoms. The third kappa shape index (κ3) is 5.64. The Hall–Kier alpha value is -2.37. The zero-order valence-electron chi connectivity index (χ0n) is 20.7. The Labute approximate surface area is 204 Å². The van der Waals surface area contributed by atoms with Crippen molar-refractivity contribution in [2.75, 3.05) is 33.9 Å². The lowest BCUT2D eigenvalue weighted by Crippen LogP contribution is -2.40. The van der Waals surface area contributed by atoms with Gasteiger partial charge in [-0.15, -0.1) is 0 Å². The van der Waals surface area contributed by atoms with E-state index in [0.29, 0.717) is 6.10 Å². The molecule has 2 fully saturated rings. The van der Waals surface area contributed by atoms with Crippen molar-refractivity contribution >= 4 is 5.91 Å². The number of aryl methyl sites for hydroxylation is 1. The highest BCUT2D eigenvalue weighted by Crippen LogP contribution is 2.30. The molecule has 0 radical (unpaired) electrons. The molecule has 3 aliphatic rings. The van der Waals surface area contributed by atoms with Gasteiger partial charge in [-0.2, -0.15) is 0 Å². The predicted molar refractivity (Wildman–Crippen MR) is 134 cm³/mol. The van der Waals surface area contributed by atoms with Crippen molar-refractivity contribution in [3.63, 3.8) is 0 Å². The molecule has 2 aromatic rings. The van der Waals surface area contributed by atoms with Crippen LogP contribution in [0.15, 0.2) is 42.5 Å². The van der Waals surface area contributed by atoms with Gasteiger partial charge in [0.25, 0.3) is 5.91 Å². The van der Waals surface area contributed by atoms with Gasteiger partial charge in [0, 0.05) is 45.4 Å². The highest BCUT2D eigenvalue weighted by Gasteiger charge is 2.27. The van der Waals surface area contributed by atoms with Crippen LogP contribution in [-0.2, 0) is 24.1 Å². The number of likely N-dealkylation sites (tertiary alicyclic amines) is 1. The van der Waals surface area contributed by atoms with E-state index in [4.69, 9.17) is 9.47 Å². The van der Waals surface area contributed by atoms with Crippen LogP contribution >= 0.6 is 0 Å². The Morgan fingerprint density at radius 3 is 2.47 bits per heavy atom. The van der Waals surface area contributed by atoms with Gasteiger partial charge in [-0.3, -0.25) is 9.69 Å². The number of hydrogen-bond acceptors (Lipinski definition) is 4. The molecule has 5 heteroatoms. The Morgan fingerprint density at radius 1 is 1.00 bits per heavy atom. The van der Waals surface area contributed by atoms with Crippen LogP contribution < -0.4 is 4.74 Å². The molecule has 1 saturated carbocycles. The van der Waals surface area contributed by atoms with E-state index in [1.807, 2.05) is 43.3 Å². The van der Waals surface area contributed by atoms with E-state index < -0.39 is 0 Å². The Balaban J connectivity index is 1.16. The molecular weight excluding hydrogens is 424 g/mol. The van der Waals surface area contributed by atoms with Crippen LogP contribution in [0.4, 0.5) is 0 Å². The van der Waals surface area contributed by atoms with E-state index in [-0.39, 0.29) is 11.9 Å². The number of piperidine rings is 1. The molecule has 0 spiro atoms. The standard InChI is InChI=1S/C29H38N2O3/c1-30(29(32)23-8-11-28(12-9-23)34-20-21-3-4-21)26-10-7-24-17-22(5-6-25(24)18-26)19-31-15-13-27(33-2)14-16-31/h5-6,8-9,11-12,17,21,26-27H,3-4,7,10,13-16,18-20H2,1-2H3. The molecule has 1 unspecified atom stereocenters. The average molecular weight is 463 g/mol. The van der Waals surface area contributed by atoms with Gasteiger partial charge < -0.3 is 14.4 Å². The van der Waals surface area contributed by atoms with E-state index in [9.17, 15) is 4.79 Å². The second kappa shape index (κ2) is 10.5. The number of likely N-dealkylation sites (N-methyl/N-ethyl adjacent to an activating group) is 1. The van der Waals surface area contributed by atoms with E-state index in [1.54, 1.807) is 0 Å². The molecule has 2 aliphatic carbocycles. The van der Waals surface area contributed by atoms with Gasteiger partial charge in [0.1, 0.15) is 5.75 Å². The van der Waals surface area contributed by atoms with Gasteiger partial charge in [0.05, 0.1) is 12.7 Å². The average Bonchev–Trinajstić information content (AvgIpc) is 3.72. The summed E-state index contributed by atoms with van der Waals surface area (Å²) in [7, 11) is 3.77. The second-order valence-corrected chi connectivity index (χ2v) is 10.4. The number of hydrogen-bond donors (Lipinski definition) is 0. The van der Waals surface area contributed by atoms with Crippen molar-refractivity contribution in [2.24, 2.45) is 5.92 Å². The van der Waals surface area contributed by atoms with Crippen LogP contribution in [0.5, 0.6) is 5.75 Å². The predicted octanol–water partition coefficient (Wildman–Crippen LogP) is 4.72. The third-order valence-electron chi connectivity index (χ3n) is 7.90. The van der Waals surface area contributed by atoms with Crippen LogP contribution in [0.1, 0.15) is 59.2 Å².